The van der Waals surface area contributed by atoms with Crippen LogP contribution in [0.5, 0.6) is 0 Å². The molecule has 4 aromatic rings. The van der Waals surface area contributed by atoms with E-state index >= 15 is 8.78 Å². The van der Waals surface area contributed by atoms with Crippen LogP contribution >= 0.6 is 0 Å². The van der Waals surface area contributed by atoms with E-state index in [4.69, 9.17) is 10.8 Å². The van der Waals surface area contributed by atoms with E-state index in [9.17, 15) is 8.78 Å². The first-order valence-corrected chi connectivity index (χ1v) is 8.53. The van der Waals surface area contributed by atoms with Gasteiger partial charge in [-0.15, -0.1) is 0 Å². The summed E-state index contributed by atoms with van der Waals surface area (Å²) in [6, 6.07) is 5.29. The van der Waals surface area contributed by atoms with E-state index < -0.39 is 34.4 Å². The molecule has 0 fully saturated rings. The molecule has 7 nitrogen and oxygen atoms in total. The van der Waals surface area contributed by atoms with Crippen LogP contribution in [0.1, 0.15) is 5.56 Å². The Morgan fingerprint density at radius 1 is 1.07 bits per heavy atom. The zero-order valence-electron chi connectivity index (χ0n) is 15.4. The van der Waals surface area contributed by atoms with Crippen molar-refractivity contribution in [1.82, 2.24) is 24.5 Å². The van der Waals surface area contributed by atoms with Gasteiger partial charge in [0.15, 0.2) is 5.84 Å². The summed E-state index contributed by atoms with van der Waals surface area (Å²) in [6.07, 6.45) is 3.66. The number of hydrogen-bond acceptors (Lipinski definition) is 5. The quantitative estimate of drug-likeness (QED) is 0.306. The predicted octanol–water partition coefficient (Wildman–Crippen LogP) is 3.21. The first kappa shape index (κ1) is 19.4. The van der Waals surface area contributed by atoms with Crippen molar-refractivity contribution in [2.24, 2.45) is 7.05 Å². The number of benzene rings is 1. The lowest BCUT2D eigenvalue weighted by molar-refractivity contribution is 0.0656. The van der Waals surface area contributed by atoms with Crippen LogP contribution < -0.4 is 5.49 Å². The summed E-state index contributed by atoms with van der Waals surface area (Å²) in [6.45, 7) is 0. The highest BCUT2D eigenvalue weighted by molar-refractivity contribution is 5.90. The molecule has 0 amide bonds. The monoisotopic (exact) mass is 415 g/mol. The third-order valence-electron chi connectivity index (χ3n) is 4.39. The lowest BCUT2D eigenvalue weighted by Crippen LogP contribution is -2.40. The molecule has 0 aliphatic carbocycles. The van der Waals surface area contributed by atoms with Crippen molar-refractivity contribution >= 4 is 16.7 Å². The van der Waals surface area contributed by atoms with Gasteiger partial charge in [-0.1, -0.05) is 0 Å². The van der Waals surface area contributed by atoms with Gasteiger partial charge < -0.3 is 0 Å². The minimum absolute atomic E-state index is 0.0155. The molecule has 0 radical (unpaired) electrons. The molecule has 3 heterocycles. The summed E-state index contributed by atoms with van der Waals surface area (Å²) in [5.74, 6) is -7.45. The second-order valence-corrected chi connectivity index (χ2v) is 6.52. The summed E-state index contributed by atoms with van der Waals surface area (Å²) in [4.78, 5) is 3.67. The number of pyridine rings is 1. The Labute approximate surface area is 166 Å². The van der Waals surface area contributed by atoms with Crippen molar-refractivity contribution in [3.05, 3.63) is 71.6 Å². The third-order valence-corrected chi connectivity index (χ3v) is 4.39. The summed E-state index contributed by atoms with van der Waals surface area (Å²) >= 11 is 0. The van der Waals surface area contributed by atoms with Crippen molar-refractivity contribution in [3.63, 3.8) is 0 Å². The minimum Gasteiger partial charge on any atom is -0.283 e. The van der Waals surface area contributed by atoms with E-state index in [1.807, 2.05) is 0 Å². The SMILES string of the molecule is Cn1cc2cc(C(F)(F)C(=N)n3nc(-c4cncc(F)c4)ccc3=N)c(F)cc2n1. The van der Waals surface area contributed by atoms with E-state index in [1.165, 1.54) is 23.1 Å². The maximum atomic E-state index is 15.1. The van der Waals surface area contributed by atoms with Crippen molar-refractivity contribution in [2.45, 2.75) is 5.92 Å². The zero-order chi connectivity index (χ0) is 21.6. The van der Waals surface area contributed by atoms with E-state index in [0.717, 1.165) is 30.5 Å². The van der Waals surface area contributed by atoms with E-state index in [-0.39, 0.29) is 22.2 Å². The van der Waals surface area contributed by atoms with Gasteiger partial charge in [0, 0.05) is 36.5 Å². The average Bonchev–Trinajstić information content (AvgIpc) is 3.06. The van der Waals surface area contributed by atoms with Crippen molar-refractivity contribution in [3.8, 4) is 11.3 Å². The van der Waals surface area contributed by atoms with Crippen LogP contribution in [-0.2, 0) is 13.0 Å². The number of nitrogens with one attached hydrogen (secondary N) is 2. The summed E-state index contributed by atoms with van der Waals surface area (Å²) in [7, 11) is 1.57. The topological polar surface area (TPSA) is 96.2 Å². The molecular formula is C19H13F4N7. The fraction of sp³-hybridized carbons (Fsp3) is 0.105. The Hall–Kier alpha value is -3.89. The van der Waals surface area contributed by atoms with E-state index in [2.05, 4.69) is 15.2 Å². The van der Waals surface area contributed by atoms with E-state index in [1.54, 1.807) is 7.05 Å². The number of halogens is 4. The summed E-state index contributed by atoms with van der Waals surface area (Å²) in [5.41, 5.74) is -1.20. The highest BCUT2D eigenvalue weighted by atomic mass is 19.3. The number of aryl methyl sites for hydroxylation is 1. The normalized spacial score (nSPS) is 11.8. The molecule has 0 spiro atoms. The maximum Gasteiger partial charge on any atom is 0.334 e. The van der Waals surface area contributed by atoms with Crippen molar-refractivity contribution in [2.75, 3.05) is 0 Å². The van der Waals surface area contributed by atoms with Gasteiger partial charge in [-0.2, -0.15) is 23.7 Å². The van der Waals surface area contributed by atoms with Crippen molar-refractivity contribution in [1.29, 1.82) is 10.8 Å². The van der Waals surface area contributed by atoms with Gasteiger partial charge in [-0.05, 0) is 24.3 Å². The molecule has 1 aromatic carbocycles. The lowest BCUT2D eigenvalue weighted by atomic mass is 10.0. The molecule has 0 bridgehead atoms. The van der Waals surface area contributed by atoms with Crippen molar-refractivity contribution < 1.29 is 17.6 Å². The fourth-order valence-electron chi connectivity index (χ4n) is 2.97. The number of fused-ring (bicyclic) bond motifs is 1. The molecule has 2 N–H and O–H groups in total. The van der Waals surface area contributed by atoms with Gasteiger partial charge in [0.25, 0.3) is 0 Å². The Morgan fingerprint density at radius 2 is 1.83 bits per heavy atom. The van der Waals surface area contributed by atoms with Crippen LogP contribution in [0.3, 0.4) is 0 Å². The number of rotatable bonds is 3. The molecule has 11 heteroatoms. The van der Waals surface area contributed by atoms with Gasteiger partial charge in [-0.3, -0.25) is 20.5 Å². The van der Waals surface area contributed by atoms with Crippen LogP contribution in [-0.4, -0.2) is 30.4 Å². The Kier molecular flexibility index (Phi) is 4.45. The lowest BCUT2D eigenvalue weighted by Gasteiger charge is -2.20. The second kappa shape index (κ2) is 6.87. The largest absolute Gasteiger partial charge is 0.334 e. The number of aromatic nitrogens is 5. The third kappa shape index (κ3) is 3.23. The molecule has 3 aromatic heterocycles. The maximum absolute atomic E-state index is 15.1. The Morgan fingerprint density at radius 3 is 2.57 bits per heavy atom. The number of alkyl halides is 2. The molecule has 0 aliphatic rings. The Balaban J connectivity index is 1.81. The minimum atomic E-state index is -4.11. The van der Waals surface area contributed by atoms with Gasteiger partial charge >= 0.3 is 5.92 Å². The average molecular weight is 415 g/mol. The molecule has 0 atom stereocenters. The molecule has 0 saturated carbocycles. The van der Waals surface area contributed by atoms with Crippen LogP contribution in [0.25, 0.3) is 22.2 Å². The highest BCUT2D eigenvalue weighted by Crippen LogP contribution is 2.33. The summed E-state index contributed by atoms with van der Waals surface area (Å²) in [5, 5.41) is 23.9. The second-order valence-electron chi connectivity index (χ2n) is 6.52. The zero-order valence-corrected chi connectivity index (χ0v) is 15.4. The predicted molar refractivity (Wildman–Crippen MR) is 99.0 cm³/mol. The summed E-state index contributed by atoms with van der Waals surface area (Å²) < 4.78 is 59.8. The van der Waals surface area contributed by atoms with Gasteiger partial charge in [-0.25, -0.2) is 8.78 Å². The van der Waals surface area contributed by atoms with Crippen LogP contribution in [0.2, 0.25) is 0 Å². The fourth-order valence-corrected chi connectivity index (χ4v) is 2.97. The first-order chi connectivity index (χ1) is 14.2. The standard InChI is InChI=1S/C19H13F4N7/c1-29-9-11-5-13(14(21)6-16(11)27-29)19(22,23)18(25)30-17(24)3-2-15(28-30)10-4-12(20)8-26-7-10/h2-9,24-25H,1H3. The van der Waals surface area contributed by atoms with Crippen LogP contribution in [0.4, 0.5) is 17.6 Å². The van der Waals surface area contributed by atoms with Crippen LogP contribution in [0, 0.1) is 22.5 Å². The van der Waals surface area contributed by atoms with E-state index in [0.29, 0.717) is 4.68 Å². The smallest absolute Gasteiger partial charge is 0.283 e. The molecule has 0 aliphatic heterocycles. The Bertz CT molecular complexity index is 1360. The molecule has 30 heavy (non-hydrogen) atoms. The molecule has 152 valence electrons. The molecular weight excluding hydrogens is 402 g/mol. The number of hydrogen-bond donors (Lipinski definition) is 2. The van der Waals surface area contributed by atoms with Gasteiger partial charge in [0.1, 0.15) is 17.1 Å². The first-order valence-electron chi connectivity index (χ1n) is 8.53. The highest BCUT2D eigenvalue weighted by Gasteiger charge is 2.42. The number of nitrogens with zero attached hydrogens (tertiary/aromatic N) is 5. The van der Waals surface area contributed by atoms with Crippen LogP contribution in [0.15, 0.2) is 48.9 Å². The van der Waals surface area contributed by atoms with Gasteiger partial charge in [0.05, 0.1) is 23.0 Å². The molecule has 4 rings (SSSR count). The molecule has 0 saturated heterocycles. The molecule has 0 unspecified atom stereocenters. The van der Waals surface area contributed by atoms with Gasteiger partial charge in [0.2, 0.25) is 0 Å².